The summed E-state index contributed by atoms with van der Waals surface area (Å²) in [5, 5.41) is 0.921. The van der Waals surface area contributed by atoms with Crippen molar-refractivity contribution in [1.82, 2.24) is 9.88 Å². The molecule has 0 spiro atoms. The van der Waals surface area contributed by atoms with Gasteiger partial charge in [-0.2, -0.15) is 0 Å². The number of aromatic nitrogens is 1. The molecule has 1 amide bonds. The second-order valence-electron chi connectivity index (χ2n) is 9.06. The Bertz CT molecular complexity index is 1580. The highest BCUT2D eigenvalue weighted by molar-refractivity contribution is 7.92. The lowest BCUT2D eigenvalue weighted by atomic mass is 10.2. The van der Waals surface area contributed by atoms with E-state index in [0.29, 0.717) is 44.7 Å². The van der Waals surface area contributed by atoms with Crippen LogP contribution in [0.3, 0.4) is 0 Å². The smallest absolute Gasteiger partial charge is 0.264 e. The van der Waals surface area contributed by atoms with E-state index in [9.17, 15) is 13.2 Å². The molecule has 0 unspecified atom stereocenters. The van der Waals surface area contributed by atoms with Crippen LogP contribution < -0.4 is 13.9 Å². The molecule has 0 atom stereocenters. The number of hydrogen-bond acceptors (Lipinski definition) is 7. The van der Waals surface area contributed by atoms with Crippen LogP contribution >= 0.6 is 11.3 Å². The first-order valence-corrected chi connectivity index (χ1v) is 14.4. The van der Waals surface area contributed by atoms with E-state index in [0.717, 1.165) is 32.3 Å². The first kappa shape index (κ1) is 23.7. The molecule has 37 heavy (non-hydrogen) atoms. The highest BCUT2D eigenvalue weighted by atomic mass is 32.2. The largest absolute Gasteiger partial charge is 0.494 e. The molecular weight excluding hydrogens is 508 g/mol. The number of nitrogens with zero attached hydrogens (tertiary/aromatic N) is 4. The molecule has 3 aromatic carbocycles. The lowest BCUT2D eigenvalue weighted by molar-refractivity contribution is 0.0746. The van der Waals surface area contributed by atoms with Gasteiger partial charge in [0.1, 0.15) is 11.3 Å². The van der Waals surface area contributed by atoms with Crippen LogP contribution in [-0.4, -0.2) is 64.0 Å². The molecule has 1 aromatic heterocycles. The van der Waals surface area contributed by atoms with Crippen molar-refractivity contribution >= 4 is 48.3 Å². The van der Waals surface area contributed by atoms with Gasteiger partial charge in [0.05, 0.1) is 22.4 Å². The number of piperazine rings is 1. The summed E-state index contributed by atoms with van der Waals surface area (Å²) in [5.74, 6) is 0.661. The van der Waals surface area contributed by atoms with Crippen molar-refractivity contribution in [2.45, 2.75) is 11.3 Å². The molecule has 0 N–H and O–H groups in total. The minimum absolute atomic E-state index is 0.0962. The molecule has 10 heteroatoms. The quantitative estimate of drug-likeness (QED) is 0.385. The lowest BCUT2D eigenvalue weighted by Crippen LogP contribution is -2.48. The molecule has 0 saturated carbocycles. The maximum atomic E-state index is 13.3. The van der Waals surface area contributed by atoms with Crippen molar-refractivity contribution in [2.75, 3.05) is 49.0 Å². The van der Waals surface area contributed by atoms with E-state index >= 15 is 0 Å². The average molecular weight is 535 g/mol. The van der Waals surface area contributed by atoms with E-state index in [1.807, 2.05) is 47.4 Å². The van der Waals surface area contributed by atoms with Gasteiger partial charge in [-0.1, -0.05) is 35.6 Å². The van der Waals surface area contributed by atoms with E-state index in [2.05, 4.69) is 4.90 Å². The highest BCUT2D eigenvalue weighted by Crippen LogP contribution is 2.35. The van der Waals surface area contributed by atoms with E-state index in [1.54, 1.807) is 30.6 Å². The zero-order valence-electron chi connectivity index (χ0n) is 20.3. The first-order chi connectivity index (χ1) is 18.0. The standard InChI is InChI=1S/C27H26N4O4S2/c1-35-23-7-4-8-24-25(23)28-27(36-24)30-17-15-29(16-18-30)26(32)20-9-11-21(12-10-20)37(33,34)31-14-13-19-5-2-3-6-22(19)31/h2-12H,13-18H2,1H3. The summed E-state index contributed by atoms with van der Waals surface area (Å²) in [6.45, 7) is 2.91. The summed E-state index contributed by atoms with van der Waals surface area (Å²) in [7, 11) is -2.04. The molecule has 3 heterocycles. The number of sulfonamides is 1. The topological polar surface area (TPSA) is 83.0 Å². The fraction of sp³-hybridized carbons (Fsp3) is 0.259. The summed E-state index contributed by atoms with van der Waals surface area (Å²) >= 11 is 1.62. The molecule has 1 fully saturated rings. The monoisotopic (exact) mass is 534 g/mol. The summed E-state index contributed by atoms with van der Waals surface area (Å²) < 4.78 is 34.5. The van der Waals surface area contributed by atoms with Gasteiger partial charge in [-0.15, -0.1) is 0 Å². The Labute approximate surface area is 219 Å². The van der Waals surface area contributed by atoms with Gasteiger partial charge in [-0.05, 0) is 54.4 Å². The third-order valence-corrected chi connectivity index (χ3v) is 9.87. The van der Waals surface area contributed by atoms with Gasteiger partial charge in [0.25, 0.3) is 15.9 Å². The number of carbonyl (C=O) groups excluding carboxylic acids is 1. The van der Waals surface area contributed by atoms with Gasteiger partial charge >= 0.3 is 0 Å². The van der Waals surface area contributed by atoms with Crippen LogP contribution in [0.2, 0.25) is 0 Å². The van der Waals surface area contributed by atoms with Gasteiger partial charge in [0.15, 0.2) is 5.13 Å². The maximum Gasteiger partial charge on any atom is 0.264 e. The number of hydrogen-bond donors (Lipinski definition) is 0. The predicted octanol–water partition coefficient (Wildman–Crippen LogP) is 4.02. The van der Waals surface area contributed by atoms with Gasteiger partial charge < -0.3 is 14.5 Å². The third-order valence-electron chi connectivity index (χ3n) is 6.96. The fourth-order valence-electron chi connectivity index (χ4n) is 4.95. The van der Waals surface area contributed by atoms with E-state index in [4.69, 9.17) is 9.72 Å². The van der Waals surface area contributed by atoms with E-state index in [1.165, 1.54) is 16.4 Å². The number of para-hydroxylation sites is 2. The molecule has 2 aliphatic rings. The van der Waals surface area contributed by atoms with Crippen LogP contribution in [-0.2, 0) is 16.4 Å². The zero-order chi connectivity index (χ0) is 25.6. The van der Waals surface area contributed by atoms with Crippen LogP contribution in [0, 0.1) is 0 Å². The summed E-state index contributed by atoms with van der Waals surface area (Å²) in [5.41, 5.74) is 3.10. The summed E-state index contributed by atoms with van der Waals surface area (Å²) in [6.07, 6.45) is 0.697. The Morgan fingerprint density at radius 2 is 1.68 bits per heavy atom. The fourth-order valence-corrected chi connectivity index (χ4v) is 7.49. The number of methoxy groups -OCH3 is 1. The van der Waals surface area contributed by atoms with Crippen molar-refractivity contribution in [3.63, 3.8) is 0 Å². The van der Waals surface area contributed by atoms with Crippen molar-refractivity contribution in [2.24, 2.45) is 0 Å². The molecular formula is C27H26N4O4S2. The Hall–Kier alpha value is -3.63. The Morgan fingerprint density at radius 1 is 0.919 bits per heavy atom. The molecule has 0 radical (unpaired) electrons. The number of thiazole rings is 1. The predicted molar refractivity (Wildman–Crippen MR) is 145 cm³/mol. The number of anilines is 2. The van der Waals surface area contributed by atoms with Crippen molar-refractivity contribution < 1.29 is 17.9 Å². The molecule has 190 valence electrons. The number of benzene rings is 3. The second-order valence-corrected chi connectivity index (χ2v) is 11.9. The molecule has 1 saturated heterocycles. The zero-order valence-corrected chi connectivity index (χ0v) is 22.0. The lowest BCUT2D eigenvalue weighted by Gasteiger charge is -2.34. The number of fused-ring (bicyclic) bond motifs is 2. The van der Waals surface area contributed by atoms with Crippen LogP contribution in [0.15, 0.2) is 71.6 Å². The Balaban J connectivity index is 1.13. The summed E-state index contributed by atoms with van der Waals surface area (Å²) in [6, 6.07) is 19.8. The molecule has 4 aromatic rings. The number of ether oxygens (including phenoxy) is 1. The SMILES string of the molecule is COc1cccc2sc(N3CCN(C(=O)c4ccc(S(=O)(=O)N5CCc6ccccc65)cc4)CC3)nc12. The minimum atomic E-state index is -3.69. The minimum Gasteiger partial charge on any atom is -0.494 e. The number of amides is 1. The van der Waals surface area contributed by atoms with Gasteiger partial charge in [0.2, 0.25) is 0 Å². The third kappa shape index (κ3) is 4.19. The van der Waals surface area contributed by atoms with Crippen molar-refractivity contribution in [3.05, 3.63) is 77.9 Å². The maximum absolute atomic E-state index is 13.3. The Morgan fingerprint density at radius 3 is 2.43 bits per heavy atom. The highest BCUT2D eigenvalue weighted by Gasteiger charge is 2.31. The first-order valence-electron chi connectivity index (χ1n) is 12.1. The van der Waals surface area contributed by atoms with Crippen LogP contribution in [0.25, 0.3) is 10.2 Å². The van der Waals surface area contributed by atoms with Crippen LogP contribution in [0.5, 0.6) is 5.75 Å². The van der Waals surface area contributed by atoms with E-state index < -0.39 is 10.0 Å². The Kier molecular flexibility index (Phi) is 6.00. The number of rotatable bonds is 5. The molecule has 6 rings (SSSR count). The second kappa shape index (κ2) is 9.35. The molecule has 8 nitrogen and oxygen atoms in total. The molecule has 2 aliphatic heterocycles. The molecule has 0 aliphatic carbocycles. The van der Waals surface area contributed by atoms with Crippen LogP contribution in [0.4, 0.5) is 10.8 Å². The van der Waals surface area contributed by atoms with Crippen molar-refractivity contribution in [3.8, 4) is 5.75 Å². The van der Waals surface area contributed by atoms with Gasteiger partial charge in [0, 0.05) is 38.3 Å². The van der Waals surface area contributed by atoms with Crippen molar-refractivity contribution in [1.29, 1.82) is 0 Å². The van der Waals surface area contributed by atoms with Gasteiger partial charge in [-0.3, -0.25) is 9.10 Å². The molecule has 0 bridgehead atoms. The normalized spacial score (nSPS) is 15.8. The van der Waals surface area contributed by atoms with Gasteiger partial charge in [-0.25, -0.2) is 13.4 Å². The summed E-state index contributed by atoms with van der Waals surface area (Å²) in [4.78, 5) is 22.1. The van der Waals surface area contributed by atoms with Crippen LogP contribution in [0.1, 0.15) is 15.9 Å². The number of carbonyl (C=O) groups is 1. The average Bonchev–Trinajstić information content (AvgIpc) is 3.58. The van der Waals surface area contributed by atoms with E-state index in [-0.39, 0.29) is 10.8 Å².